The lowest BCUT2D eigenvalue weighted by atomic mass is 10.2. The molecule has 1 aliphatic rings. The molecule has 0 unspecified atom stereocenters. The van der Waals surface area contributed by atoms with Gasteiger partial charge in [0.1, 0.15) is 0 Å². The number of rotatable bonds is 0. The van der Waals surface area contributed by atoms with Crippen molar-refractivity contribution in [3.8, 4) is 0 Å². The third kappa shape index (κ3) is 1.000. The first-order valence-corrected chi connectivity index (χ1v) is 2.24. The van der Waals surface area contributed by atoms with E-state index in [2.05, 4.69) is 11.6 Å². The van der Waals surface area contributed by atoms with Crippen LogP contribution in [-0.4, -0.2) is 12.8 Å². The molecule has 0 saturated carbocycles. The summed E-state index contributed by atoms with van der Waals surface area (Å²) in [5, 5.41) is 0. The van der Waals surface area contributed by atoms with Crippen LogP contribution in [-0.2, 0) is 0 Å². The third-order valence-corrected chi connectivity index (χ3v) is 0.818. The van der Waals surface area contributed by atoms with Crippen molar-refractivity contribution in [1.82, 2.24) is 0 Å². The molecule has 0 saturated heterocycles. The number of dihydropyridines is 1. The van der Waals surface area contributed by atoms with E-state index in [-0.39, 0.29) is 0 Å². The van der Waals surface area contributed by atoms with Gasteiger partial charge in [-0.25, -0.2) is 0 Å². The molecule has 0 aromatic carbocycles. The van der Waals surface area contributed by atoms with E-state index in [4.69, 9.17) is 0 Å². The lowest BCUT2D eigenvalue weighted by Gasteiger charge is -1.94. The summed E-state index contributed by atoms with van der Waals surface area (Å²) in [6.45, 7) is 4.49. The van der Waals surface area contributed by atoms with Gasteiger partial charge in [-0.1, -0.05) is 12.7 Å². The van der Waals surface area contributed by atoms with Gasteiger partial charge in [0.2, 0.25) is 0 Å². The number of hydrogen-bond acceptors (Lipinski definition) is 1. The summed E-state index contributed by atoms with van der Waals surface area (Å²) in [6.07, 6.45) is 5.65. The van der Waals surface area contributed by atoms with Crippen molar-refractivity contribution >= 4 is 6.21 Å². The highest BCUT2D eigenvalue weighted by atomic mass is 14.7. The summed E-state index contributed by atoms with van der Waals surface area (Å²) in [5.74, 6) is 0. The minimum Gasteiger partial charge on any atom is -0.288 e. The van der Waals surface area contributed by atoms with Crippen LogP contribution in [0.4, 0.5) is 0 Å². The summed E-state index contributed by atoms with van der Waals surface area (Å²) < 4.78 is 0. The van der Waals surface area contributed by atoms with E-state index in [1.54, 1.807) is 6.21 Å². The van der Waals surface area contributed by atoms with Gasteiger partial charge in [-0.15, -0.1) is 0 Å². The van der Waals surface area contributed by atoms with Crippen LogP contribution in [0.2, 0.25) is 0 Å². The molecule has 0 aromatic rings. The van der Waals surface area contributed by atoms with E-state index in [0.29, 0.717) is 0 Å². The maximum Gasteiger partial charge on any atom is 0.0634 e. The monoisotopic (exact) mass is 93.1 g/mol. The average Bonchev–Trinajstić information content (AvgIpc) is 1.69. The zero-order valence-corrected chi connectivity index (χ0v) is 4.09. The van der Waals surface area contributed by atoms with Gasteiger partial charge in [0.25, 0.3) is 0 Å². The second-order valence-corrected chi connectivity index (χ2v) is 1.51. The highest BCUT2D eigenvalue weighted by Crippen LogP contribution is 1.95. The standard InChI is InChI=1S/C6H7N/c1-6-3-2-4-7-5-6/h2-4H,1,5H2. The molecule has 1 rings (SSSR count). The molecular weight excluding hydrogens is 86.1 g/mol. The van der Waals surface area contributed by atoms with Crippen LogP contribution in [0.1, 0.15) is 0 Å². The highest BCUT2D eigenvalue weighted by molar-refractivity contribution is 5.73. The molecule has 0 amide bonds. The van der Waals surface area contributed by atoms with Crippen molar-refractivity contribution in [2.24, 2.45) is 4.99 Å². The summed E-state index contributed by atoms with van der Waals surface area (Å²) in [7, 11) is 0. The fourth-order valence-electron chi connectivity index (χ4n) is 0.463. The zero-order chi connectivity index (χ0) is 5.11. The van der Waals surface area contributed by atoms with Gasteiger partial charge < -0.3 is 0 Å². The Bertz CT molecular complexity index is 131. The second-order valence-electron chi connectivity index (χ2n) is 1.51. The van der Waals surface area contributed by atoms with Crippen LogP contribution >= 0.6 is 0 Å². The summed E-state index contributed by atoms with van der Waals surface area (Å²) >= 11 is 0. The topological polar surface area (TPSA) is 12.4 Å². The van der Waals surface area contributed by atoms with Gasteiger partial charge in [0, 0.05) is 6.21 Å². The van der Waals surface area contributed by atoms with E-state index in [1.165, 1.54) is 0 Å². The van der Waals surface area contributed by atoms with E-state index in [9.17, 15) is 0 Å². The SMILES string of the molecule is C=C1C=CC=NC1. The summed E-state index contributed by atoms with van der Waals surface area (Å²) in [6, 6.07) is 0. The lowest BCUT2D eigenvalue weighted by molar-refractivity contribution is 1.19. The molecule has 1 heteroatoms. The molecule has 0 atom stereocenters. The van der Waals surface area contributed by atoms with Crippen molar-refractivity contribution in [3.05, 3.63) is 24.3 Å². The highest BCUT2D eigenvalue weighted by Gasteiger charge is 1.85. The smallest absolute Gasteiger partial charge is 0.0634 e. The molecule has 0 bridgehead atoms. The molecule has 0 radical (unpaired) electrons. The van der Waals surface area contributed by atoms with Crippen LogP contribution in [0.25, 0.3) is 0 Å². The molecule has 1 nitrogen and oxygen atoms in total. The largest absolute Gasteiger partial charge is 0.288 e. The van der Waals surface area contributed by atoms with Gasteiger partial charge in [0.15, 0.2) is 0 Å². The molecule has 1 aliphatic heterocycles. The van der Waals surface area contributed by atoms with Gasteiger partial charge in [-0.3, -0.25) is 4.99 Å². The molecule has 0 aromatic heterocycles. The Morgan fingerprint density at radius 1 is 1.71 bits per heavy atom. The Morgan fingerprint density at radius 2 is 2.57 bits per heavy atom. The average molecular weight is 93.1 g/mol. The zero-order valence-electron chi connectivity index (χ0n) is 4.09. The number of allylic oxidation sites excluding steroid dienone is 1. The second kappa shape index (κ2) is 1.73. The van der Waals surface area contributed by atoms with Crippen LogP contribution < -0.4 is 0 Å². The van der Waals surface area contributed by atoms with Gasteiger partial charge in [-0.2, -0.15) is 0 Å². The van der Waals surface area contributed by atoms with Crippen molar-refractivity contribution in [2.45, 2.75) is 0 Å². The first kappa shape index (κ1) is 4.31. The maximum absolute atomic E-state index is 3.95. The first-order valence-electron chi connectivity index (χ1n) is 2.24. The summed E-state index contributed by atoms with van der Waals surface area (Å²) in [5.41, 5.74) is 1.09. The minimum atomic E-state index is 0.774. The van der Waals surface area contributed by atoms with Gasteiger partial charge in [-0.05, 0) is 11.6 Å². The number of hydrogen-bond donors (Lipinski definition) is 0. The molecule has 1 heterocycles. The Hall–Kier alpha value is -0.850. The Labute approximate surface area is 43.1 Å². The van der Waals surface area contributed by atoms with Crippen LogP contribution in [0.15, 0.2) is 29.3 Å². The third-order valence-electron chi connectivity index (χ3n) is 0.818. The van der Waals surface area contributed by atoms with Crippen LogP contribution in [0, 0.1) is 0 Å². The van der Waals surface area contributed by atoms with E-state index >= 15 is 0 Å². The van der Waals surface area contributed by atoms with Crippen LogP contribution in [0.3, 0.4) is 0 Å². The molecule has 0 spiro atoms. The number of nitrogens with zero attached hydrogens (tertiary/aromatic N) is 1. The molecule has 0 fully saturated rings. The summed E-state index contributed by atoms with van der Waals surface area (Å²) in [4.78, 5) is 3.95. The first-order chi connectivity index (χ1) is 3.39. The molecule has 0 N–H and O–H groups in total. The fourth-order valence-corrected chi connectivity index (χ4v) is 0.463. The quantitative estimate of drug-likeness (QED) is 0.426. The lowest BCUT2D eigenvalue weighted by Crippen LogP contribution is -1.86. The molecule has 36 valence electrons. The van der Waals surface area contributed by atoms with Gasteiger partial charge in [0.05, 0.1) is 6.54 Å². The predicted molar refractivity (Wildman–Crippen MR) is 31.6 cm³/mol. The van der Waals surface area contributed by atoms with Crippen molar-refractivity contribution in [2.75, 3.05) is 6.54 Å². The normalized spacial score (nSPS) is 18.0. The Morgan fingerprint density at radius 3 is 2.86 bits per heavy atom. The maximum atomic E-state index is 3.95. The van der Waals surface area contributed by atoms with Gasteiger partial charge >= 0.3 is 0 Å². The number of aliphatic imine (C=N–C) groups is 1. The predicted octanol–water partition coefficient (Wildman–Crippen LogP) is 1.18. The van der Waals surface area contributed by atoms with Crippen molar-refractivity contribution in [1.29, 1.82) is 0 Å². The molecule has 0 aliphatic carbocycles. The minimum absolute atomic E-state index is 0.774. The Kier molecular flexibility index (Phi) is 1.07. The van der Waals surface area contributed by atoms with E-state index < -0.39 is 0 Å². The molecule has 7 heavy (non-hydrogen) atoms. The fraction of sp³-hybridized carbons (Fsp3) is 0.167. The van der Waals surface area contributed by atoms with E-state index in [1.807, 2.05) is 12.2 Å². The van der Waals surface area contributed by atoms with Crippen molar-refractivity contribution in [3.63, 3.8) is 0 Å². The van der Waals surface area contributed by atoms with Crippen molar-refractivity contribution < 1.29 is 0 Å². The van der Waals surface area contributed by atoms with Crippen LogP contribution in [0.5, 0.6) is 0 Å². The molecular formula is C6H7N. The van der Waals surface area contributed by atoms with E-state index in [0.717, 1.165) is 12.1 Å². The Balaban J connectivity index is 2.66.